The Morgan fingerprint density at radius 3 is 2.38 bits per heavy atom. The van der Waals surface area contributed by atoms with E-state index in [2.05, 4.69) is 61.2 Å². The Morgan fingerprint density at radius 2 is 1.66 bits per heavy atom. The summed E-state index contributed by atoms with van der Waals surface area (Å²) in [5, 5.41) is 0. The van der Waals surface area contributed by atoms with E-state index >= 15 is 0 Å². The number of rotatable bonds is 3. The maximum absolute atomic E-state index is 13.4. The van der Waals surface area contributed by atoms with Gasteiger partial charge >= 0.3 is 0 Å². The second-order valence-electron chi connectivity index (χ2n) is 9.46. The molecule has 3 aromatic rings. The molecule has 2 aliphatic rings. The normalized spacial score (nSPS) is 17.5. The Morgan fingerprint density at radius 1 is 0.938 bits per heavy atom. The van der Waals surface area contributed by atoms with Crippen LogP contribution in [0.3, 0.4) is 0 Å². The molecule has 0 aromatic heterocycles. The summed E-state index contributed by atoms with van der Waals surface area (Å²) in [6, 6.07) is 21.1. The topological polar surface area (TPSA) is 23.6 Å². The Hall–Kier alpha value is -2.98. The first kappa shape index (κ1) is 20.9. The van der Waals surface area contributed by atoms with Gasteiger partial charge in [-0.3, -0.25) is 9.69 Å². The number of nitrogens with zero attached hydrogens (tertiary/aromatic N) is 2. The number of anilines is 1. The molecule has 0 aliphatic carbocycles. The lowest BCUT2D eigenvalue weighted by molar-refractivity contribution is 0.0975. The highest BCUT2D eigenvalue weighted by Gasteiger charge is 2.46. The second kappa shape index (κ2) is 8.18. The van der Waals surface area contributed by atoms with Gasteiger partial charge in [-0.25, -0.2) is 4.39 Å². The molecule has 1 saturated heterocycles. The molecule has 3 nitrogen and oxygen atoms in total. The van der Waals surface area contributed by atoms with E-state index < -0.39 is 0 Å². The van der Waals surface area contributed by atoms with Crippen LogP contribution in [0.2, 0.25) is 0 Å². The average Bonchev–Trinajstić information content (AvgIpc) is 3.09. The lowest BCUT2D eigenvalue weighted by atomic mass is 9.74. The summed E-state index contributed by atoms with van der Waals surface area (Å²) < 4.78 is 13.4. The van der Waals surface area contributed by atoms with Gasteiger partial charge in [0.25, 0.3) is 5.91 Å². The maximum Gasteiger partial charge on any atom is 0.258 e. The van der Waals surface area contributed by atoms with Crippen LogP contribution in [0.1, 0.15) is 45.5 Å². The van der Waals surface area contributed by atoms with Gasteiger partial charge in [-0.05, 0) is 81.2 Å². The van der Waals surface area contributed by atoms with Gasteiger partial charge in [0.2, 0.25) is 0 Å². The summed E-state index contributed by atoms with van der Waals surface area (Å²) in [5.74, 6) is -0.370. The third-order valence-electron chi connectivity index (χ3n) is 7.11. The SMILES string of the molecule is Cc1cccc(CN2CCC3(CC2)CN(C(=O)c2ccc(F)cc2)c2ccc(C)cc23)c1. The van der Waals surface area contributed by atoms with Gasteiger partial charge < -0.3 is 4.90 Å². The molecule has 1 spiro atoms. The van der Waals surface area contributed by atoms with Gasteiger partial charge in [0.15, 0.2) is 0 Å². The van der Waals surface area contributed by atoms with Crippen molar-refractivity contribution in [1.29, 1.82) is 0 Å². The number of halogens is 1. The van der Waals surface area contributed by atoms with Gasteiger partial charge in [-0.15, -0.1) is 0 Å². The van der Waals surface area contributed by atoms with E-state index in [1.807, 2.05) is 4.90 Å². The predicted molar refractivity (Wildman–Crippen MR) is 127 cm³/mol. The number of likely N-dealkylation sites (tertiary alicyclic amines) is 1. The molecule has 0 atom stereocenters. The highest BCUT2D eigenvalue weighted by molar-refractivity contribution is 6.07. The zero-order valence-corrected chi connectivity index (χ0v) is 18.8. The molecule has 2 aliphatic heterocycles. The second-order valence-corrected chi connectivity index (χ2v) is 9.46. The van der Waals surface area contributed by atoms with Crippen LogP contribution in [0.25, 0.3) is 0 Å². The number of benzene rings is 3. The number of carbonyl (C=O) groups is 1. The van der Waals surface area contributed by atoms with Crippen molar-refractivity contribution < 1.29 is 9.18 Å². The zero-order valence-electron chi connectivity index (χ0n) is 18.8. The third kappa shape index (κ3) is 3.84. The number of aryl methyl sites for hydroxylation is 2. The van der Waals surface area contributed by atoms with Crippen LogP contribution < -0.4 is 4.90 Å². The van der Waals surface area contributed by atoms with Crippen molar-refractivity contribution in [3.8, 4) is 0 Å². The molecule has 164 valence electrons. The van der Waals surface area contributed by atoms with Crippen LogP contribution in [0, 0.1) is 19.7 Å². The van der Waals surface area contributed by atoms with E-state index in [-0.39, 0.29) is 17.1 Å². The van der Waals surface area contributed by atoms with Crippen molar-refractivity contribution in [3.05, 3.63) is 100 Å². The molecule has 3 aromatic carbocycles. The van der Waals surface area contributed by atoms with E-state index in [4.69, 9.17) is 0 Å². The molecule has 0 bridgehead atoms. The summed E-state index contributed by atoms with van der Waals surface area (Å²) in [5.41, 5.74) is 6.71. The van der Waals surface area contributed by atoms with Crippen LogP contribution in [-0.4, -0.2) is 30.4 Å². The molecular weight excluding hydrogens is 399 g/mol. The van der Waals surface area contributed by atoms with Crippen molar-refractivity contribution in [3.63, 3.8) is 0 Å². The Kier molecular flexibility index (Phi) is 5.34. The molecule has 2 heterocycles. The Bertz CT molecular complexity index is 1150. The molecular formula is C28H29FN2O. The third-order valence-corrected chi connectivity index (χ3v) is 7.11. The standard InChI is InChI=1S/C28H29FN2O/c1-20-4-3-5-22(16-20)18-30-14-12-28(13-15-30)19-31(26-11-6-21(2)17-25(26)28)27(32)23-7-9-24(29)10-8-23/h3-11,16-17H,12-15,18-19H2,1-2H3. The fourth-order valence-corrected chi connectivity index (χ4v) is 5.35. The van der Waals surface area contributed by atoms with Crippen LogP contribution >= 0.6 is 0 Å². The molecule has 0 N–H and O–H groups in total. The van der Waals surface area contributed by atoms with Crippen LogP contribution in [-0.2, 0) is 12.0 Å². The minimum Gasteiger partial charge on any atom is -0.307 e. The van der Waals surface area contributed by atoms with Gasteiger partial charge in [0.1, 0.15) is 5.82 Å². The first-order valence-electron chi connectivity index (χ1n) is 11.4. The Labute approximate surface area is 189 Å². The van der Waals surface area contributed by atoms with E-state index in [0.717, 1.165) is 38.2 Å². The first-order valence-corrected chi connectivity index (χ1v) is 11.4. The van der Waals surface area contributed by atoms with E-state index in [1.165, 1.54) is 34.4 Å². The van der Waals surface area contributed by atoms with Crippen molar-refractivity contribution >= 4 is 11.6 Å². The zero-order chi connectivity index (χ0) is 22.3. The minimum atomic E-state index is -0.323. The number of hydrogen-bond donors (Lipinski definition) is 0. The fourth-order valence-electron chi connectivity index (χ4n) is 5.35. The van der Waals surface area contributed by atoms with E-state index in [1.54, 1.807) is 12.1 Å². The largest absolute Gasteiger partial charge is 0.307 e. The number of fused-ring (bicyclic) bond motifs is 2. The van der Waals surface area contributed by atoms with Crippen LogP contribution in [0.4, 0.5) is 10.1 Å². The van der Waals surface area contributed by atoms with E-state index in [9.17, 15) is 9.18 Å². The van der Waals surface area contributed by atoms with Gasteiger partial charge in [-0.1, -0.05) is 47.5 Å². The molecule has 32 heavy (non-hydrogen) atoms. The van der Waals surface area contributed by atoms with Gasteiger partial charge in [0.05, 0.1) is 0 Å². The summed E-state index contributed by atoms with van der Waals surface area (Å²) in [6.07, 6.45) is 2.06. The van der Waals surface area contributed by atoms with Gasteiger partial charge in [-0.2, -0.15) is 0 Å². The van der Waals surface area contributed by atoms with Crippen molar-refractivity contribution in [2.45, 2.75) is 38.6 Å². The van der Waals surface area contributed by atoms with Crippen molar-refractivity contribution in [2.75, 3.05) is 24.5 Å². The van der Waals surface area contributed by atoms with Crippen molar-refractivity contribution in [2.24, 2.45) is 0 Å². The summed E-state index contributed by atoms with van der Waals surface area (Å²) in [7, 11) is 0. The first-order chi connectivity index (χ1) is 15.4. The van der Waals surface area contributed by atoms with Crippen molar-refractivity contribution in [1.82, 2.24) is 4.90 Å². The number of carbonyl (C=O) groups excluding carboxylic acids is 1. The molecule has 0 radical (unpaired) electrons. The molecule has 4 heteroatoms. The highest BCUT2D eigenvalue weighted by Crippen LogP contribution is 2.48. The lowest BCUT2D eigenvalue weighted by Gasteiger charge is -2.40. The fraction of sp³-hybridized carbons (Fsp3) is 0.321. The lowest BCUT2D eigenvalue weighted by Crippen LogP contribution is -2.45. The quantitative estimate of drug-likeness (QED) is 0.539. The smallest absolute Gasteiger partial charge is 0.258 e. The van der Waals surface area contributed by atoms with Gasteiger partial charge in [0, 0.05) is 29.8 Å². The summed E-state index contributed by atoms with van der Waals surface area (Å²) in [4.78, 5) is 17.8. The highest BCUT2D eigenvalue weighted by atomic mass is 19.1. The number of amides is 1. The number of hydrogen-bond acceptors (Lipinski definition) is 2. The molecule has 0 saturated carbocycles. The minimum absolute atomic E-state index is 0.0137. The van der Waals surface area contributed by atoms with Crippen LogP contribution in [0.15, 0.2) is 66.7 Å². The Balaban J connectivity index is 1.38. The number of piperidine rings is 1. The summed E-state index contributed by atoms with van der Waals surface area (Å²) >= 11 is 0. The molecule has 5 rings (SSSR count). The van der Waals surface area contributed by atoms with Crippen LogP contribution in [0.5, 0.6) is 0 Å². The van der Waals surface area contributed by atoms with E-state index in [0.29, 0.717) is 12.1 Å². The summed E-state index contributed by atoms with van der Waals surface area (Å²) in [6.45, 7) is 7.95. The maximum atomic E-state index is 13.4. The predicted octanol–water partition coefficient (Wildman–Crippen LogP) is 5.64. The average molecular weight is 429 g/mol. The monoisotopic (exact) mass is 428 g/mol. The molecule has 0 unspecified atom stereocenters. The molecule has 1 fully saturated rings. The molecule has 1 amide bonds.